The molecule has 1 atom stereocenters. The number of rotatable bonds is 4. The topological polar surface area (TPSA) is 103 Å². The first-order valence-corrected chi connectivity index (χ1v) is 5.06. The van der Waals surface area contributed by atoms with E-state index in [0.717, 1.165) is 12.1 Å². The summed E-state index contributed by atoms with van der Waals surface area (Å²) in [5.41, 5.74) is -0.267. The lowest BCUT2D eigenvalue weighted by Crippen LogP contribution is -2.21. The molecule has 0 radical (unpaired) electrons. The molecule has 2 rings (SSSR count). The molecule has 2 aromatic rings. The van der Waals surface area contributed by atoms with Gasteiger partial charge in [-0.25, -0.2) is 9.78 Å². The smallest absolute Gasteiger partial charge is 0.378 e. The van der Waals surface area contributed by atoms with Crippen LogP contribution < -0.4 is 4.74 Å². The normalized spacial score (nSPS) is 12.1. The first-order chi connectivity index (χ1) is 9.00. The molecule has 0 aliphatic heterocycles. The van der Waals surface area contributed by atoms with Gasteiger partial charge in [0, 0.05) is 17.6 Å². The Morgan fingerprint density at radius 1 is 1.47 bits per heavy atom. The number of halogens is 1. The van der Waals surface area contributed by atoms with Crippen LogP contribution in [0.1, 0.15) is 0 Å². The molecule has 0 saturated heterocycles. The largest absolute Gasteiger partial charge is 0.476 e. The molecule has 1 heterocycles. The highest BCUT2D eigenvalue weighted by molar-refractivity contribution is 5.92. The lowest BCUT2D eigenvalue weighted by Gasteiger charge is -2.09. The van der Waals surface area contributed by atoms with Crippen LogP contribution in [0.4, 0.5) is 10.1 Å². The summed E-state index contributed by atoms with van der Waals surface area (Å²) in [6.07, 6.45) is -1.21. The van der Waals surface area contributed by atoms with Gasteiger partial charge in [0.2, 0.25) is 0 Å². The molecule has 1 aromatic carbocycles. The first-order valence-electron chi connectivity index (χ1n) is 5.06. The van der Waals surface area contributed by atoms with E-state index in [4.69, 9.17) is 5.11 Å². The third-order valence-corrected chi connectivity index (χ3v) is 2.33. The zero-order valence-corrected chi connectivity index (χ0v) is 9.32. The van der Waals surface area contributed by atoms with Crippen LogP contribution in [0, 0.1) is 10.1 Å². The summed E-state index contributed by atoms with van der Waals surface area (Å²) in [6.45, 7) is 0. The molecule has 0 bridgehead atoms. The maximum Gasteiger partial charge on any atom is 0.378 e. The third-order valence-electron chi connectivity index (χ3n) is 2.33. The molecule has 19 heavy (non-hydrogen) atoms. The molecule has 1 aromatic heterocycles. The zero-order valence-electron chi connectivity index (χ0n) is 9.32. The van der Waals surface area contributed by atoms with E-state index in [1.807, 2.05) is 0 Å². The van der Waals surface area contributed by atoms with Crippen molar-refractivity contribution in [3.05, 3.63) is 40.6 Å². The average molecular weight is 266 g/mol. The highest BCUT2D eigenvalue weighted by Gasteiger charge is 2.21. The second-order valence-corrected chi connectivity index (χ2v) is 3.51. The monoisotopic (exact) mass is 266 g/mol. The predicted octanol–water partition coefficient (Wildman–Crippen LogP) is 1.90. The number of benzene rings is 1. The van der Waals surface area contributed by atoms with Gasteiger partial charge >= 0.3 is 12.3 Å². The molecule has 1 N–H and O–H groups in total. The van der Waals surface area contributed by atoms with Crippen LogP contribution in [-0.4, -0.2) is 27.3 Å². The van der Waals surface area contributed by atoms with Crippen molar-refractivity contribution in [3.8, 4) is 5.75 Å². The number of ether oxygens (including phenoxy) is 1. The standard InChI is InChI=1S/C11H7FN2O5/c12-10(11(15)16)19-8-4-3-7(14(17)18)9-6(8)2-1-5-13-9/h1-5,10H,(H,15,16). The van der Waals surface area contributed by atoms with E-state index in [0.29, 0.717) is 0 Å². The van der Waals surface area contributed by atoms with Crippen LogP contribution >= 0.6 is 0 Å². The maximum atomic E-state index is 13.0. The highest BCUT2D eigenvalue weighted by atomic mass is 19.1. The van der Waals surface area contributed by atoms with Crippen molar-refractivity contribution in [2.24, 2.45) is 0 Å². The van der Waals surface area contributed by atoms with E-state index in [9.17, 15) is 19.3 Å². The van der Waals surface area contributed by atoms with Crippen molar-refractivity contribution in [2.75, 3.05) is 0 Å². The van der Waals surface area contributed by atoms with Crippen LogP contribution in [0.5, 0.6) is 5.75 Å². The average Bonchev–Trinajstić information content (AvgIpc) is 2.38. The molecule has 0 spiro atoms. The fraction of sp³-hybridized carbons (Fsp3) is 0.0909. The number of non-ortho nitro benzene ring substituents is 1. The third kappa shape index (κ3) is 2.41. The zero-order chi connectivity index (χ0) is 14.0. The summed E-state index contributed by atoms with van der Waals surface area (Å²) < 4.78 is 17.6. The quantitative estimate of drug-likeness (QED) is 0.669. The van der Waals surface area contributed by atoms with E-state index in [2.05, 4.69) is 9.72 Å². The van der Waals surface area contributed by atoms with Gasteiger partial charge in [0.05, 0.1) is 4.92 Å². The SMILES string of the molecule is O=C(O)C(F)Oc1ccc([N+](=O)[O-])c2ncccc12. The molecule has 7 nitrogen and oxygen atoms in total. The van der Waals surface area contributed by atoms with Gasteiger partial charge in [0.25, 0.3) is 5.69 Å². The number of aromatic nitrogens is 1. The molecule has 0 amide bonds. The van der Waals surface area contributed by atoms with Crippen LogP contribution in [-0.2, 0) is 4.79 Å². The predicted molar refractivity (Wildman–Crippen MR) is 61.6 cm³/mol. The van der Waals surface area contributed by atoms with Crippen LogP contribution in [0.2, 0.25) is 0 Å². The Morgan fingerprint density at radius 3 is 2.84 bits per heavy atom. The Hall–Kier alpha value is -2.77. The number of carboxylic acids is 1. The highest BCUT2D eigenvalue weighted by Crippen LogP contribution is 2.31. The Kier molecular flexibility index (Phi) is 3.23. The van der Waals surface area contributed by atoms with Crippen molar-refractivity contribution in [2.45, 2.75) is 6.36 Å². The number of nitrogens with zero attached hydrogens (tertiary/aromatic N) is 2. The maximum absolute atomic E-state index is 13.0. The minimum atomic E-state index is -2.55. The summed E-state index contributed by atoms with van der Waals surface area (Å²) in [5, 5.41) is 19.4. The molecule has 0 saturated carbocycles. The van der Waals surface area contributed by atoms with E-state index >= 15 is 0 Å². The molecular weight excluding hydrogens is 259 g/mol. The lowest BCUT2D eigenvalue weighted by molar-refractivity contribution is -0.383. The van der Waals surface area contributed by atoms with Gasteiger partial charge < -0.3 is 9.84 Å². The van der Waals surface area contributed by atoms with Gasteiger partial charge in [-0.2, -0.15) is 4.39 Å². The number of pyridine rings is 1. The van der Waals surface area contributed by atoms with E-state index in [-0.39, 0.29) is 22.3 Å². The van der Waals surface area contributed by atoms with Crippen LogP contribution in [0.3, 0.4) is 0 Å². The fourth-order valence-corrected chi connectivity index (χ4v) is 1.54. The van der Waals surface area contributed by atoms with Gasteiger partial charge in [-0.3, -0.25) is 10.1 Å². The van der Waals surface area contributed by atoms with E-state index in [1.54, 1.807) is 0 Å². The molecule has 1 unspecified atom stereocenters. The fourth-order valence-electron chi connectivity index (χ4n) is 1.54. The van der Waals surface area contributed by atoms with Gasteiger partial charge in [-0.1, -0.05) is 0 Å². The molecule has 8 heteroatoms. The van der Waals surface area contributed by atoms with Gasteiger partial charge in [0.15, 0.2) is 5.52 Å². The molecule has 0 aliphatic rings. The van der Waals surface area contributed by atoms with Gasteiger partial charge in [-0.05, 0) is 18.2 Å². The molecular formula is C11H7FN2O5. The molecule has 0 aliphatic carbocycles. The number of hydrogen-bond acceptors (Lipinski definition) is 5. The summed E-state index contributed by atoms with van der Waals surface area (Å²) in [4.78, 5) is 24.4. The summed E-state index contributed by atoms with van der Waals surface area (Å²) in [5.74, 6) is -1.90. The Bertz CT molecular complexity index is 661. The number of hydrogen-bond donors (Lipinski definition) is 1. The minimum absolute atomic E-state index is 0.00240. The summed E-state index contributed by atoms with van der Waals surface area (Å²) >= 11 is 0. The number of nitro groups is 1. The molecule has 0 fully saturated rings. The van der Waals surface area contributed by atoms with Crippen molar-refractivity contribution in [1.29, 1.82) is 0 Å². The van der Waals surface area contributed by atoms with Gasteiger partial charge in [0.1, 0.15) is 5.75 Å². The number of carboxylic acid groups (broad SMARTS) is 1. The van der Waals surface area contributed by atoms with Crippen molar-refractivity contribution in [3.63, 3.8) is 0 Å². The minimum Gasteiger partial charge on any atom is -0.476 e. The summed E-state index contributed by atoms with van der Waals surface area (Å²) in [6, 6.07) is 5.13. The first kappa shape index (κ1) is 12.7. The van der Waals surface area contributed by atoms with Gasteiger partial charge in [-0.15, -0.1) is 0 Å². The van der Waals surface area contributed by atoms with Crippen molar-refractivity contribution in [1.82, 2.24) is 4.98 Å². The molecule has 98 valence electrons. The van der Waals surface area contributed by atoms with Crippen LogP contribution in [0.25, 0.3) is 10.9 Å². The Morgan fingerprint density at radius 2 is 2.21 bits per heavy atom. The number of fused-ring (bicyclic) bond motifs is 1. The summed E-state index contributed by atoms with van der Waals surface area (Å²) in [7, 11) is 0. The number of carbonyl (C=O) groups is 1. The Labute approximate surface area is 105 Å². The number of aliphatic carboxylic acids is 1. The number of alkyl halides is 1. The number of nitro benzene ring substituents is 1. The van der Waals surface area contributed by atoms with E-state index in [1.165, 1.54) is 18.3 Å². The van der Waals surface area contributed by atoms with Crippen molar-refractivity contribution < 1.29 is 24.0 Å². The van der Waals surface area contributed by atoms with E-state index < -0.39 is 17.3 Å². The second kappa shape index (κ2) is 4.84. The second-order valence-electron chi connectivity index (χ2n) is 3.51. The lowest BCUT2D eigenvalue weighted by atomic mass is 10.1. The van der Waals surface area contributed by atoms with Crippen molar-refractivity contribution >= 4 is 22.6 Å². The Balaban J connectivity index is 2.55. The van der Waals surface area contributed by atoms with Crippen LogP contribution in [0.15, 0.2) is 30.5 Å².